The van der Waals surface area contributed by atoms with Gasteiger partial charge < -0.3 is 5.73 Å². The van der Waals surface area contributed by atoms with Crippen molar-refractivity contribution >= 4 is 5.71 Å². The molecule has 2 nitrogen and oxygen atoms in total. The molecule has 0 aromatic heterocycles. The lowest BCUT2D eigenvalue weighted by Crippen LogP contribution is -2.17. The van der Waals surface area contributed by atoms with Gasteiger partial charge in [0.1, 0.15) is 0 Å². The molecule has 1 heterocycles. The van der Waals surface area contributed by atoms with E-state index in [1.165, 1.54) is 24.1 Å². The third-order valence-electron chi connectivity index (χ3n) is 2.86. The summed E-state index contributed by atoms with van der Waals surface area (Å²) in [6, 6.07) is 0. The summed E-state index contributed by atoms with van der Waals surface area (Å²) < 4.78 is 0. The van der Waals surface area contributed by atoms with Crippen LogP contribution in [0, 0.1) is 5.92 Å². The van der Waals surface area contributed by atoms with Crippen LogP contribution >= 0.6 is 0 Å². The average molecular weight is 180 g/mol. The summed E-state index contributed by atoms with van der Waals surface area (Å²) in [6.07, 6.45) is 6.38. The smallest absolute Gasteiger partial charge is 0.0420 e. The van der Waals surface area contributed by atoms with Gasteiger partial charge in [0.15, 0.2) is 0 Å². The number of aliphatic imine (C=N–C) groups is 1. The largest absolute Gasteiger partial charge is 0.404 e. The van der Waals surface area contributed by atoms with E-state index in [9.17, 15) is 0 Å². The fraction of sp³-hybridized carbons (Fsp3) is 0.727. The van der Waals surface area contributed by atoms with Crippen molar-refractivity contribution in [3.63, 3.8) is 0 Å². The predicted octanol–water partition coefficient (Wildman–Crippen LogP) is 2.50. The molecule has 0 saturated carbocycles. The van der Waals surface area contributed by atoms with Gasteiger partial charge in [-0.05, 0) is 37.0 Å². The number of rotatable bonds is 3. The maximum Gasteiger partial charge on any atom is 0.0420 e. The van der Waals surface area contributed by atoms with Crippen LogP contribution in [0.25, 0.3) is 0 Å². The van der Waals surface area contributed by atoms with E-state index >= 15 is 0 Å². The standard InChI is InChI=1S/C11H20N2/c1-3-9-5-6-11(13-8-9)10(4-2)7-12/h7,9H,3-6,8,12H2,1-2H3/b10-7-. The molecule has 2 heteroatoms. The van der Waals surface area contributed by atoms with E-state index in [0.29, 0.717) is 0 Å². The second kappa shape index (κ2) is 5.05. The van der Waals surface area contributed by atoms with Crippen LogP contribution in [0.2, 0.25) is 0 Å². The second-order valence-electron chi connectivity index (χ2n) is 3.65. The van der Waals surface area contributed by atoms with Crippen LogP contribution in [-0.2, 0) is 0 Å². The van der Waals surface area contributed by atoms with Crippen molar-refractivity contribution < 1.29 is 0 Å². The van der Waals surface area contributed by atoms with Crippen molar-refractivity contribution in [2.45, 2.75) is 39.5 Å². The fourth-order valence-electron chi connectivity index (χ4n) is 1.76. The number of hydrogen-bond acceptors (Lipinski definition) is 2. The molecule has 1 unspecified atom stereocenters. The molecule has 0 aromatic rings. The molecule has 0 bridgehead atoms. The Balaban J connectivity index is 2.59. The number of hydrogen-bond donors (Lipinski definition) is 1. The van der Waals surface area contributed by atoms with E-state index < -0.39 is 0 Å². The highest BCUT2D eigenvalue weighted by atomic mass is 14.8. The maximum atomic E-state index is 5.54. The molecule has 0 saturated heterocycles. The van der Waals surface area contributed by atoms with Gasteiger partial charge in [-0.15, -0.1) is 0 Å². The summed E-state index contributed by atoms with van der Waals surface area (Å²) in [6.45, 7) is 5.38. The minimum atomic E-state index is 0.805. The molecule has 0 fully saturated rings. The zero-order valence-electron chi connectivity index (χ0n) is 8.71. The lowest BCUT2D eigenvalue weighted by Gasteiger charge is -2.20. The Hall–Kier alpha value is -0.790. The summed E-state index contributed by atoms with van der Waals surface area (Å²) in [5.41, 5.74) is 8.01. The van der Waals surface area contributed by atoms with Crippen LogP contribution in [0.1, 0.15) is 39.5 Å². The number of allylic oxidation sites excluding steroid dienone is 1. The highest BCUT2D eigenvalue weighted by molar-refractivity contribution is 6.00. The van der Waals surface area contributed by atoms with E-state index in [4.69, 9.17) is 5.73 Å². The molecule has 0 aromatic carbocycles. The molecule has 13 heavy (non-hydrogen) atoms. The average Bonchev–Trinajstić information content (AvgIpc) is 2.21. The Bertz CT molecular complexity index is 216. The van der Waals surface area contributed by atoms with Gasteiger partial charge in [0.2, 0.25) is 0 Å². The van der Waals surface area contributed by atoms with Gasteiger partial charge >= 0.3 is 0 Å². The van der Waals surface area contributed by atoms with Crippen LogP contribution in [0.3, 0.4) is 0 Å². The summed E-state index contributed by atoms with van der Waals surface area (Å²) >= 11 is 0. The van der Waals surface area contributed by atoms with Gasteiger partial charge in [-0.25, -0.2) is 0 Å². The highest BCUT2D eigenvalue weighted by Gasteiger charge is 2.15. The zero-order valence-corrected chi connectivity index (χ0v) is 8.71. The van der Waals surface area contributed by atoms with Gasteiger partial charge in [-0.3, -0.25) is 4.99 Å². The Kier molecular flexibility index (Phi) is 4.00. The first-order chi connectivity index (χ1) is 6.31. The monoisotopic (exact) mass is 180 g/mol. The molecule has 74 valence electrons. The molecule has 2 N–H and O–H groups in total. The third kappa shape index (κ3) is 2.58. The Labute approximate surface area is 80.9 Å². The van der Waals surface area contributed by atoms with Crippen LogP contribution in [-0.4, -0.2) is 12.3 Å². The van der Waals surface area contributed by atoms with E-state index in [2.05, 4.69) is 18.8 Å². The lowest BCUT2D eigenvalue weighted by molar-refractivity contribution is 0.476. The molecule has 1 atom stereocenters. The van der Waals surface area contributed by atoms with Gasteiger partial charge in [-0.2, -0.15) is 0 Å². The summed E-state index contributed by atoms with van der Waals surface area (Å²) in [7, 11) is 0. The van der Waals surface area contributed by atoms with E-state index in [0.717, 1.165) is 25.3 Å². The topological polar surface area (TPSA) is 38.4 Å². The van der Waals surface area contributed by atoms with Crippen molar-refractivity contribution in [2.75, 3.05) is 6.54 Å². The minimum Gasteiger partial charge on any atom is -0.404 e. The van der Waals surface area contributed by atoms with Gasteiger partial charge in [0.25, 0.3) is 0 Å². The molecule has 0 spiro atoms. The molecule has 0 radical (unpaired) electrons. The zero-order chi connectivity index (χ0) is 9.68. The first-order valence-electron chi connectivity index (χ1n) is 5.26. The molecule has 0 amide bonds. The van der Waals surface area contributed by atoms with Crippen molar-refractivity contribution in [3.8, 4) is 0 Å². The Morgan fingerprint density at radius 2 is 2.38 bits per heavy atom. The predicted molar refractivity (Wildman–Crippen MR) is 57.9 cm³/mol. The molecule has 1 aliphatic rings. The number of nitrogens with two attached hydrogens (primary N) is 1. The Morgan fingerprint density at radius 1 is 1.62 bits per heavy atom. The van der Waals surface area contributed by atoms with Crippen LogP contribution < -0.4 is 5.73 Å². The summed E-state index contributed by atoms with van der Waals surface area (Å²) in [5.74, 6) is 0.805. The Morgan fingerprint density at radius 3 is 2.77 bits per heavy atom. The lowest BCUT2D eigenvalue weighted by atomic mass is 9.92. The summed E-state index contributed by atoms with van der Waals surface area (Å²) in [5, 5.41) is 0. The minimum absolute atomic E-state index is 0.805. The first-order valence-corrected chi connectivity index (χ1v) is 5.26. The fourth-order valence-corrected chi connectivity index (χ4v) is 1.76. The highest BCUT2D eigenvalue weighted by Crippen LogP contribution is 2.20. The van der Waals surface area contributed by atoms with Gasteiger partial charge in [-0.1, -0.05) is 20.3 Å². The molecule has 0 aliphatic carbocycles. The molecular formula is C11H20N2. The van der Waals surface area contributed by atoms with E-state index in [-0.39, 0.29) is 0 Å². The van der Waals surface area contributed by atoms with Crippen molar-refractivity contribution in [2.24, 2.45) is 16.6 Å². The van der Waals surface area contributed by atoms with E-state index in [1.807, 2.05) is 0 Å². The van der Waals surface area contributed by atoms with Crippen LogP contribution in [0.4, 0.5) is 0 Å². The van der Waals surface area contributed by atoms with Gasteiger partial charge in [0.05, 0.1) is 0 Å². The number of nitrogens with zero attached hydrogens (tertiary/aromatic N) is 1. The van der Waals surface area contributed by atoms with Crippen molar-refractivity contribution in [1.29, 1.82) is 0 Å². The maximum absolute atomic E-state index is 5.54. The SMILES string of the molecule is CC/C(=C/N)C1=NCC(CC)CC1. The van der Waals surface area contributed by atoms with E-state index in [1.54, 1.807) is 6.20 Å². The van der Waals surface area contributed by atoms with Crippen LogP contribution in [0.5, 0.6) is 0 Å². The molecule has 1 rings (SSSR count). The second-order valence-corrected chi connectivity index (χ2v) is 3.65. The van der Waals surface area contributed by atoms with Gasteiger partial charge in [0, 0.05) is 12.3 Å². The quantitative estimate of drug-likeness (QED) is 0.712. The molecule has 1 aliphatic heterocycles. The normalized spacial score (nSPS) is 24.3. The first kappa shape index (κ1) is 10.3. The third-order valence-corrected chi connectivity index (χ3v) is 2.86. The van der Waals surface area contributed by atoms with Crippen molar-refractivity contribution in [3.05, 3.63) is 11.8 Å². The molecular weight excluding hydrogens is 160 g/mol. The van der Waals surface area contributed by atoms with Crippen molar-refractivity contribution in [1.82, 2.24) is 0 Å². The summed E-state index contributed by atoms with van der Waals surface area (Å²) in [4.78, 5) is 4.59. The van der Waals surface area contributed by atoms with Crippen LogP contribution in [0.15, 0.2) is 16.8 Å².